The molecule has 0 saturated heterocycles. The van der Waals surface area contributed by atoms with Gasteiger partial charge in [0.05, 0.1) is 22.2 Å². The Morgan fingerprint density at radius 1 is 1.14 bits per heavy atom. The molecule has 0 radical (unpaired) electrons. The van der Waals surface area contributed by atoms with Crippen molar-refractivity contribution in [3.8, 4) is 28.8 Å². The van der Waals surface area contributed by atoms with Crippen LogP contribution in [0.25, 0.3) is 39.5 Å². The number of H-pyrrole nitrogens is 1. The van der Waals surface area contributed by atoms with Crippen LogP contribution in [0.4, 0.5) is 0 Å². The molecular weight excluding hydrogens is 450 g/mol. The highest BCUT2D eigenvalue weighted by molar-refractivity contribution is 5.91. The third-order valence-corrected chi connectivity index (χ3v) is 6.22. The zero-order valence-corrected chi connectivity index (χ0v) is 19.5. The first-order chi connectivity index (χ1) is 17.6. The highest BCUT2D eigenvalue weighted by Gasteiger charge is 2.21. The van der Waals surface area contributed by atoms with Crippen molar-refractivity contribution in [2.75, 3.05) is 0 Å². The largest absolute Gasteiger partial charge is 0.490 e. The van der Waals surface area contributed by atoms with Gasteiger partial charge in [0.25, 0.3) is 5.56 Å². The number of para-hydroxylation sites is 2. The fourth-order valence-electron chi connectivity index (χ4n) is 4.52. The van der Waals surface area contributed by atoms with Gasteiger partial charge in [0.2, 0.25) is 0 Å². The van der Waals surface area contributed by atoms with Gasteiger partial charge >= 0.3 is 0 Å². The second kappa shape index (κ2) is 8.67. The molecule has 5 aromatic rings. The highest BCUT2D eigenvalue weighted by atomic mass is 16.5. The molecule has 174 valence electrons. The van der Waals surface area contributed by atoms with Gasteiger partial charge in [-0.3, -0.25) is 4.79 Å². The number of allylic oxidation sites excluding steroid dienone is 1. The van der Waals surface area contributed by atoms with E-state index in [4.69, 9.17) is 9.84 Å². The second-order valence-corrected chi connectivity index (χ2v) is 8.77. The summed E-state index contributed by atoms with van der Waals surface area (Å²) in [5.41, 5.74) is 4.89. The molecule has 7 nitrogen and oxygen atoms in total. The van der Waals surface area contributed by atoms with E-state index >= 15 is 0 Å². The van der Waals surface area contributed by atoms with Gasteiger partial charge < -0.3 is 9.72 Å². The van der Waals surface area contributed by atoms with E-state index in [9.17, 15) is 10.1 Å². The maximum atomic E-state index is 12.6. The number of benzene rings is 3. The first kappa shape index (κ1) is 21.6. The van der Waals surface area contributed by atoms with E-state index in [1.807, 2.05) is 54.7 Å². The number of fused-ring (bicyclic) bond motifs is 2. The SMILES string of the molecule is CC1Cc2cc(-c3nn(-c4ccccc4)cc3C=C(C#N)c3nc4ccccc4c(=O)[nH]3)ccc2O1. The number of nitriles is 1. The summed E-state index contributed by atoms with van der Waals surface area (Å²) in [6.07, 6.45) is 4.58. The summed E-state index contributed by atoms with van der Waals surface area (Å²) < 4.78 is 7.66. The molecule has 3 heterocycles. The number of hydrogen-bond acceptors (Lipinski definition) is 5. The Morgan fingerprint density at radius 3 is 2.78 bits per heavy atom. The Bertz CT molecular complexity index is 1740. The third-order valence-electron chi connectivity index (χ3n) is 6.22. The topological polar surface area (TPSA) is 96.6 Å². The Hall–Kier alpha value is -4.96. The summed E-state index contributed by atoms with van der Waals surface area (Å²) in [6.45, 7) is 2.05. The van der Waals surface area contributed by atoms with E-state index in [1.165, 1.54) is 0 Å². The summed E-state index contributed by atoms with van der Waals surface area (Å²) in [5.74, 6) is 1.11. The lowest BCUT2D eigenvalue weighted by molar-refractivity contribution is 0.254. The minimum absolute atomic E-state index is 0.137. The minimum atomic E-state index is -0.287. The number of aromatic amines is 1. The fourth-order valence-corrected chi connectivity index (χ4v) is 4.52. The highest BCUT2D eigenvalue weighted by Crippen LogP contribution is 2.34. The number of hydrogen-bond donors (Lipinski definition) is 1. The molecule has 1 atom stereocenters. The van der Waals surface area contributed by atoms with Crippen molar-refractivity contribution in [1.29, 1.82) is 5.26 Å². The van der Waals surface area contributed by atoms with Gasteiger partial charge in [-0.25, -0.2) is 9.67 Å². The predicted octanol–water partition coefficient (Wildman–Crippen LogP) is 5.16. The van der Waals surface area contributed by atoms with Crippen LogP contribution in [0.5, 0.6) is 5.75 Å². The van der Waals surface area contributed by atoms with Gasteiger partial charge in [0.15, 0.2) is 5.82 Å². The third kappa shape index (κ3) is 3.85. The van der Waals surface area contributed by atoms with Crippen LogP contribution in [0.1, 0.15) is 23.9 Å². The predicted molar refractivity (Wildman–Crippen MR) is 139 cm³/mol. The fraction of sp³-hybridized carbons (Fsp3) is 0.103. The number of nitrogens with zero attached hydrogens (tertiary/aromatic N) is 4. The lowest BCUT2D eigenvalue weighted by Gasteiger charge is -2.05. The van der Waals surface area contributed by atoms with E-state index in [0.717, 1.165) is 40.2 Å². The molecule has 1 N–H and O–H groups in total. The standard InChI is InChI=1S/C29H21N5O2/c1-18-13-20-14-19(11-12-26(20)36-18)27-22(17-34(33-27)23-7-3-2-4-8-23)15-21(16-30)28-31-25-10-6-5-9-24(25)29(35)32-28/h2-12,14-15,17-18H,13H2,1H3,(H,31,32,35). The van der Waals surface area contributed by atoms with Crippen LogP contribution < -0.4 is 10.3 Å². The molecule has 1 aliphatic rings. The monoisotopic (exact) mass is 471 g/mol. The van der Waals surface area contributed by atoms with Crippen molar-refractivity contribution in [1.82, 2.24) is 19.7 Å². The summed E-state index contributed by atoms with van der Waals surface area (Å²) >= 11 is 0. The Kier molecular flexibility index (Phi) is 5.20. The van der Waals surface area contributed by atoms with E-state index in [1.54, 1.807) is 29.0 Å². The van der Waals surface area contributed by atoms with E-state index < -0.39 is 0 Å². The molecule has 2 aromatic heterocycles. The molecule has 1 aliphatic heterocycles. The summed E-state index contributed by atoms with van der Waals surface area (Å²) in [4.78, 5) is 19.9. The van der Waals surface area contributed by atoms with Crippen LogP contribution in [0.3, 0.4) is 0 Å². The molecular formula is C29H21N5O2. The van der Waals surface area contributed by atoms with Crippen molar-refractivity contribution >= 4 is 22.6 Å². The first-order valence-corrected chi connectivity index (χ1v) is 11.7. The van der Waals surface area contributed by atoms with Crippen molar-refractivity contribution < 1.29 is 4.74 Å². The van der Waals surface area contributed by atoms with Crippen molar-refractivity contribution in [3.05, 3.63) is 106 Å². The van der Waals surface area contributed by atoms with Crippen LogP contribution in [0.2, 0.25) is 0 Å². The van der Waals surface area contributed by atoms with Crippen molar-refractivity contribution in [3.63, 3.8) is 0 Å². The summed E-state index contributed by atoms with van der Waals surface area (Å²) in [7, 11) is 0. The Balaban J connectivity index is 1.51. The first-order valence-electron chi connectivity index (χ1n) is 11.7. The van der Waals surface area contributed by atoms with Gasteiger partial charge in [-0.05, 0) is 61.0 Å². The number of aromatic nitrogens is 4. The number of nitrogens with one attached hydrogen (secondary N) is 1. The van der Waals surface area contributed by atoms with Crippen LogP contribution >= 0.6 is 0 Å². The Labute approximate surface area is 206 Å². The quantitative estimate of drug-likeness (QED) is 0.365. The molecule has 0 aliphatic carbocycles. The van der Waals surface area contributed by atoms with Crippen LogP contribution in [0, 0.1) is 11.3 Å². The van der Waals surface area contributed by atoms with E-state index in [0.29, 0.717) is 10.9 Å². The van der Waals surface area contributed by atoms with Gasteiger partial charge in [0, 0.05) is 23.7 Å². The summed E-state index contributed by atoms with van der Waals surface area (Å²) in [5, 5.41) is 15.4. The average molecular weight is 472 g/mol. The zero-order chi connectivity index (χ0) is 24.6. The van der Waals surface area contributed by atoms with Gasteiger partial charge in [-0.15, -0.1) is 0 Å². The lowest BCUT2D eigenvalue weighted by Crippen LogP contribution is -2.11. The molecule has 0 spiro atoms. The minimum Gasteiger partial charge on any atom is -0.490 e. The molecule has 36 heavy (non-hydrogen) atoms. The van der Waals surface area contributed by atoms with Crippen molar-refractivity contribution in [2.45, 2.75) is 19.4 Å². The molecule has 0 amide bonds. The van der Waals surface area contributed by atoms with Gasteiger partial charge in [-0.1, -0.05) is 30.3 Å². The zero-order valence-electron chi connectivity index (χ0n) is 19.5. The second-order valence-electron chi connectivity index (χ2n) is 8.77. The maximum absolute atomic E-state index is 12.6. The molecule has 0 bridgehead atoms. The van der Waals surface area contributed by atoms with Crippen LogP contribution in [-0.2, 0) is 6.42 Å². The molecule has 0 fully saturated rings. The maximum Gasteiger partial charge on any atom is 0.259 e. The van der Waals surface area contributed by atoms with Crippen molar-refractivity contribution in [2.24, 2.45) is 0 Å². The molecule has 1 unspecified atom stereocenters. The van der Waals surface area contributed by atoms with Crippen LogP contribution in [-0.4, -0.2) is 25.9 Å². The average Bonchev–Trinajstić information content (AvgIpc) is 3.49. The number of ether oxygens (including phenoxy) is 1. The van der Waals surface area contributed by atoms with Gasteiger partial charge in [0.1, 0.15) is 23.6 Å². The smallest absolute Gasteiger partial charge is 0.259 e. The molecule has 7 heteroatoms. The number of rotatable bonds is 4. The van der Waals surface area contributed by atoms with E-state index in [2.05, 4.69) is 29.0 Å². The van der Waals surface area contributed by atoms with Crippen LogP contribution in [0.15, 0.2) is 83.8 Å². The van der Waals surface area contributed by atoms with Gasteiger partial charge in [-0.2, -0.15) is 10.4 Å². The lowest BCUT2D eigenvalue weighted by atomic mass is 10.0. The molecule has 3 aromatic carbocycles. The Morgan fingerprint density at radius 2 is 1.94 bits per heavy atom. The normalized spacial score (nSPS) is 14.9. The summed E-state index contributed by atoms with van der Waals surface area (Å²) in [6, 6.07) is 25.1. The molecule has 0 saturated carbocycles. The van der Waals surface area contributed by atoms with E-state index in [-0.39, 0.29) is 23.1 Å². The molecule has 6 rings (SSSR count).